The summed E-state index contributed by atoms with van der Waals surface area (Å²) in [6.45, 7) is 0. The van der Waals surface area contributed by atoms with E-state index in [-0.39, 0.29) is 11.5 Å². The maximum Gasteiger partial charge on any atom is 0.115 e. The first kappa shape index (κ1) is 12.7. The SMILES string of the molecule is Oc1ccc(Cc2ncc(-c3ccc(O)cc3)s2)cc1. The van der Waals surface area contributed by atoms with Gasteiger partial charge in [0, 0.05) is 12.6 Å². The lowest BCUT2D eigenvalue weighted by Gasteiger charge is -1.98. The number of hydrogen-bond acceptors (Lipinski definition) is 4. The normalized spacial score (nSPS) is 10.6. The summed E-state index contributed by atoms with van der Waals surface area (Å²) in [4.78, 5) is 5.51. The third-order valence-corrected chi connectivity index (χ3v) is 4.04. The monoisotopic (exact) mass is 283 g/mol. The third kappa shape index (κ3) is 2.81. The van der Waals surface area contributed by atoms with Gasteiger partial charge in [0.15, 0.2) is 0 Å². The van der Waals surface area contributed by atoms with Crippen molar-refractivity contribution in [3.63, 3.8) is 0 Å². The van der Waals surface area contributed by atoms with E-state index in [9.17, 15) is 10.2 Å². The van der Waals surface area contributed by atoms with Crippen LogP contribution >= 0.6 is 11.3 Å². The molecule has 0 spiro atoms. The molecule has 1 aromatic heterocycles. The summed E-state index contributed by atoms with van der Waals surface area (Å²) in [5.74, 6) is 0.542. The smallest absolute Gasteiger partial charge is 0.115 e. The van der Waals surface area contributed by atoms with E-state index in [0.717, 1.165) is 27.4 Å². The molecule has 0 amide bonds. The van der Waals surface area contributed by atoms with Gasteiger partial charge in [0.05, 0.1) is 9.88 Å². The second-order valence-electron chi connectivity index (χ2n) is 4.51. The summed E-state index contributed by atoms with van der Waals surface area (Å²) in [6, 6.07) is 14.3. The lowest BCUT2D eigenvalue weighted by molar-refractivity contribution is 0.474. The minimum Gasteiger partial charge on any atom is -0.508 e. The predicted octanol–water partition coefficient (Wildman–Crippen LogP) is 3.81. The Hall–Kier alpha value is -2.33. The van der Waals surface area contributed by atoms with Gasteiger partial charge in [0.2, 0.25) is 0 Å². The van der Waals surface area contributed by atoms with Gasteiger partial charge >= 0.3 is 0 Å². The Labute approximate surface area is 120 Å². The Kier molecular flexibility index (Phi) is 3.39. The van der Waals surface area contributed by atoms with E-state index in [4.69, 9.17) is 0 Å². The molecular formula is C16H13NO2S. The van der Waals surface area contributed by atoms with Crippen LogP contribution in [0.1, 0.15) is 10.6 Å². The van der Waals surface area contributed by atoms with E-state index < -0.39 is 0 Å². The van der Waals surface area contributed by atoms with Crippen LogP contribution in [0.2, 0.25) is 0 Å². The van der Waals surface area contributed by atoms with E-state index in [0.29, 0.717) is 0 Å². The number of thiazole rings is 1. The van der Waals surface area contributed by atoms with Crippen molar-refractivity contribution in [1.82, 2.24) is 4.98 Å². The molecule has 0 aliphatic rings. The van der Waals surface area contributed by atoms with E-state index in [1.807, 2.05) is 30.5 Å². The molecule has 0 saturated carbocycles. The number of phenols is 2. The highest BCUT2D eigenvalue weighted by Gasteiger charge is 2.05. The highest BCUT2D eigenvalue weighted by molar-refractivity contribution is 7.15. The molecule has 1 heterocycles. The van der Waals surface area contributed by atoms with Crippen LogP contribution in [0.25, 0.3) is 10.4 Å². The molecule has 3 nitrogen and oxygen atoms in total. The van der Waals surface area contributed by atoms with Crippen LogP contribution in [0.3, 0.4) is 0 Å². The standard InChI is InChI=1S/C16H13NO2S/c18-13-5-1-11(2-6-13)9-16-17-10-15(20-16)12-3-7-14(19)8-4-12/h1-8,10,18-19H,9H2. The number of benzene rings is 2. The van der Waals surface area contributed by atoms with Gasteiger partial charge < -0.3 is 10.2 Å². The van der Waals surface area contributed by atoms with Crippen LogP contribution in [0.5, 0.6) is 11.5 Å². The van der Waals surface area contributed by atoms with Gasteiger partial charge in [0.1, 0.15) is 11.5 Å². The van der Waals surface area contributed by atoms with Gasteiger partial charge in [-0.2, -0.15) is 0 Å². The summed E-state index contributed by atoms with van der Waals surface area (Å²) in [5.41, 5.74) is 2.17. The number of aromatic hydroxyl groups is 2. The average molecular weight is 283 g/mol. The van der Waals surface area contributed by atoms with Gasteiger partial charge in [-0.1, -0.05) is 12.1 Å². The molecule has 0 aliphatic heterocycles. The summed E-state index contributed by atoms with van der Waals surface area (Å²) in [5, 5.41) is 19.6. The van der Waals surface area contributed by atoms with Crippen LogP contribution in [0.15, 0.2) is 54.7 Å². The van der Waals surface area contributed by atoms with Crippen molar-refractivity contribution in [2.45, 2.75) is 6.42 Å². The first-order chi connectivity index (χ1) is 9.70. The van der Waals surface area contributed by atoms with Gasteiger partial charge in [-0.05, 0) is 47.5 Å². The molecule has 4 heteroatoms. The first-order valence-electron chi connectivity index (χ1n) is 6.23. The number of hydrogen-bond donors (Lipinski definition) is 2. The Balaban J connectivity index is 1.80. The summed E-state index contributed by atoms with van der Waals surface area (Å²) in [7, 11) is 0. The topological polar surface area (TPSA) is 53.4 Å². The van der Waals surface area contributed by atoms with Crippen LogP contribution in [-0.4, -0.2) is 15.2 Å². The van der Waals surface area contributed by atoms with Crippen molar-refractivity contribution in [2.75, 3.05) is 0 Å². The molecule has 0 unspecified atom stereocenters. The molecule has 20 heavy (non-hydrogen) atoms. The average Bonchev–Trinajstić information content (AvgIpc) is 2.91. The Morgan fingerprint density at radius 2 is 1.45 bits per heavy atom. The molecule has 100 valence electrons. The zero-order valence-electron chi connectivity index (χ0n) is 10.7. The van der Waals surface area contributed by atoms with E-state index >= 15 is 0 Å². The van der Waals surface area contributed by atoms with E-state index in [1.54, 1.807) is 35.6 Å². The number of nitrogens with zero attached hydrogens (tertiary/aromatic N) is 1. The number of phenolic OH excluding ortho intramolecular Hbond substituents is 2. The lowest BCUT2D eigenvalue weighted by Crippen LogP contribution is -1.85. The molecule has 0 fully saturated rings. The highest BCUT2D eigenvalue weighted by Crippen LogP contribution is 2.28. The summed E-state index contributed by atoms with van der Waals surface area (Å²) >= 11 is 1.64. The molecule has 2 N–H and O–H groups in total. The van der Waals surface area contributed by atoms with Crippen molar-refractivity contribution in [3.05, 3.63) is 65.3 Å². The van der Waals surface area contributed by atoms with E-state index in [2.05, 4.69) is 4.98 Å². The van der Waals surface area contributed by atoms with Crippen LogP contribution < -0.4 is 0 Å². The lowest BCUT2D eigenvalue weighted by atomic mass is 10.1. The van der Waals surface area contributed by atoms with Gasteiger partial charge in [-0.25, -0.2) is 4.98 Å². The van der Waals surface area contributed by atoms with Crippen molar-refractivity contribution >= 4 is 11.3 Å². The minimum absolute atomic E-state index is 0.266. The maximum atomic E-state index is 9.29. The fraction of sp³-hybridized carbons (Fsp3) is 0.0625. The van der Waals surface area contributed by atoms with Gasteiger partial charge in [-0.15, -0.1) is 11.3 Å². The summed E-state index contributed by atoms with van der Waals surface area (Å²) in [6.07, 6.45) is 2.61. The fourth-order valence-electron chi connectivity index (χ4n) is 1.94. The van der Waals surface area contributed by atoms with E-state index in [1.165, 1.54) is 0 Å². The molecule has 0 aliphatic carbocycles. The Morgan fingerprint density at radius 3 is 2.10 bits per heavy atom. The highest BCUT2D eigenvalue weighted by atomic mass is 32.1. The van der Waals surface area contributed by atoms with Gasteiger partial charge in [-0.3, -0.25) is 0 Å². The van der Waals surface area contributed by atoms with Crippen molar-refractivity contribution in [2.24, 2.45) is 0 Å². The number of rotatable bonds is 3. The molecule has 0 bridgehead atoms. The van der Waals surface area contributed by atoms with Crippen LogP contribution in [0, 0.1) is 0 Å². The second-order valence-corrected chi connectivity index (χ2v) is 5.62. The molecule has 3 aromatic rings. The van der Waals surface area contributed by atoms with Crippen LogP contribution in [0.4, 0.5) is 0 Å². The molecule has 0 saturated heterocycles. The Bertz CT molecular complexity index is 702. The van der Waals surface area contributed by atoms with Crippen molar-refractivity contribution < 1.29 is 10.2 Å². The maximum absolute atomic E-state index is 9.29. The number of aromatic nitrogens is 1. The third-order valence-electron chi connectivity index (χ3n) is 3.00. The van der Waals surface area contributed by atoms with Crippen molar-refractivity contribution in [1.29, 1.82) is 0 Å². The molecule has 0 radical (unpaired) electrons. The fourth-order valence-corrected chi connectivity index (χ4v) is 2.90. The summed E-state index contributed by atoms with van der Waals surface area (Å²) < 4.78 is 0. The molecule has 3 rings (SSSR count). The zero-order valence-corrected chi connectivity index (χ0v) is 11.5. The first-order valence-corrected chi connectivity index (χ1v) is 7.04. The Morgan fingerprint density at radius 1 is 0.850 bits per heavy atom. The predicted molar refractivity (Wildman–Crippen MR) is 80.1 cm³/mol. The van der Waals surface area contributed by atoms with Crippen molar-refractivity contribution in [3.8, 4) is 21.9 Å². The second kappa shape index (κ2) is 5.35. The molecular weight excluding hydrogens is 270 g/mol. The van der Waals surface area contributed by atoms with Gasteiger partial charge in [0.25, 0.3) is 0 Å². The molecule has 2 aromatic carbocycles. The zero-order chi connectivity index (χ0) is 13.9. The largest absolute Gasteiger partial charge is 0.508 e. The molecule has 0 atom stereocenters. The minimum atomic E-state index is 0.266. The quantitative estimate of drug-likeness (QED) is 0.768. The van der Waals surface area contributed by atoms with Crippen LogP contribution in [-0.2, 0) is 6.42 Å².